The van der Waals surface area contributed by atoms with E-state index in [2.05, 4.69) is 0 Å². The number of likely N-dealkylation sites (N-methyl/N-ethyl adjacent to an activating group) is 1. The number of anilines is 2. The molecule has 0 fully saturated rings. The lowest BCUT2D eigenvalue weighted by Crippen LogP contribution is -2.29. The Kier molecular flexibility index (Phi) is 4.34. The maximum absolute atomic E-state index is 11.9. The largest absolute Gasteiger partial charge is 0.397 e. The normalized spacial score (nSPS) is 10.1. The maximum atomic E-state index is 11.9. The highest BCUT2D eigenvalue weighted by molar-refractivity contribution is 5.96. The van der Waals surface area contributed by atoms with Crippen molar-refractivity contribution in [2.45, 2.75) is 0 Å². The zero-order chi connectivity index (χ0) is 13.0. The van der Waals surface area contributed by atoms with Gasteiger partial charge in [0.25, 0.3) is 5.91 Å². The van der Waals surface area contributed by atoms with Crippen LogP contribution in [0.3, 0.4) is 0 Å². The molecule has 94 valence electrons. The van der Waals surface area contributed by atoms with E-state index in [1.807, 2.05) is 25.1 Å². The second kappa shape index (κ2) is 5.54. The van der Waals surface area contributed by atoms with Crippen molar-refractivity contribution in [1.82, 2.24) is 4.90 Å². The van der Waals surface area contributed by atoms with E-state index in [9.17, 15) is 4.79 Å². The topological polar surface area (TPSA) is 69.8 Å². The summed E-state index contributed by atoms with van der Waals surface area (Å²) in [7, 11) is 5.44. The van der Waals surface area contributed by atoms with Gasteiger partial charge in [-0.1, -0.05) is 0 Å². The fraction of sp³-hybridized carbons (Fsp3) is 0.417. The Hall–Kier alpha value is -1.75. The third-order valence-corrected chi connectivity index (χ3v) is 2.54. The second-order valence-electron chi connectivity index (χ2n) is 4.12. The number of aliphatic hydroxyl groups is 1. The molecule has 17 heavy (non-hydrogen) atoms. The molecule has 0 heterocycles. The van der Waals surface area contributed by atoms with Crippen LogP contribution in [0.25, 0.3) is 0 Å². The molecule has 0 aliphatic heterocycles. The van der Waals surface area contributed by atoms with Gasteiger partial charge in [0.1, 0.15) is 0 Å². The Morgan fingerprint density at radius 1 is 1.35 bits per heavy atom. The average molecular weight is 237 g/mol. The van der Waals surface area contributed by atoms with E-state index >= 15 is 0 Å². The molecule has 1 rings (SSSR count). The smallest absolute Gasteiger partial charge is 0.253 e. The third kappa shape index (κ3) is 3.10. The second-order valence-corrected chi connectivity index (χ2v) is 4.12. The Bertz CT molecular complexity index is 405. The minimum absolute atomic E-state index is 0.0481. The number of aliphatic hydroxyl groups excluding tert-OH is 1. The molecule has 0 bridgehead atoms. The van der Waals surface area contributed by atoms with Gasteiger partial charge in [-0.2, -0.15) is 0 Å². The molecule has 0 spiro atoms. The number of carbonyl (C=O) groups is 1. The quantitative estimate of drug-likeness (QED) is 0.744. The van der Waals surface area contributed by atoms with Gasteiger partial charge in [-0.25, -0.2) is 0 Å². The first-order chi connectivity index (χ1) is 7.97. The Balaban J connectivity index is 2.93. The van der Waals surface area contributed by atoms with Crippen LogP contribution in [0.2, 0.25) is 0 Å². The average Bonchev–Trinajstić information content (AvgIpc) is 2.27. The summed E-state index contributed by atoms with van der Waals surface area (Å²) in [6, 6.07) is 5.21. The molecule has 3 N–H and O–H groups in total. The van der Waals surface area contributed by atoms with Crippen molar-refractivity contribution < 1.29 is 9.90 Å². The predicted molar refractivity (Wildman–Crippen MR) is 69.2 cm³/mol. The lowest BCUT2D eigenvalue weighted by Gasteiger charge is -2.18. The summed E-state index contributed by atoms with van der Waals surface area (Å²) in [6.45, 7) is 0.266. The van der Waals surface area contributed by atoms with Crippen LogP contribution < -0.4 is 10.6 Å². The van der Waals surface area contributed by atoms with Gasteiger partial charge in [-0.3, -0.25) is 4.79 Å². The van der Waals surface area contributed by atoms with Crippen LogP contribution in [0, 0.1) is 0 Å². The lowest BCUT2D eigenvalue weighted by molar-refractivity contribution is 0.0767. The molecule has 0 aliphatic rings. The van der Waals surface area contributed by atoms with Crippen LogP contribution in [0.1, 0.15) is 10.4 Å². The standard InChI is InChI=1S/C12H19N3O2/c1-14(2)11-5-4-9(8-10(11)13)12(17)15(3)6-7-16/h4-5,8,16H,6-7,13H2,1-3H3. The molecule has 1 aromatic rings. The molecule has 0 atom stereocenters. The van der Waals surface area contributed by atoms with E-state index in [1.54, 1.807) is 19.2 Å². The Labute approximate surface area is 101 Å². The van der Waals surface area contributed by atoms with Crippen LogP contribution in [-0.4, -0.2) is 50.2 Å². The van der Waals surface area contributed by atoms with Gasteiger partial charge in [-0.05, 0) is 18.2 Å². The predicted octanol–water partition coefficient (Wildman–Crippen LogP) is 0.399. The summed E-state index contributed by atoms with van der Waals surface area (Å²) in [4.78, 5) is 15.3. The lowest BCUT2D eigenvalue weighted by atomic mass is 10.1. The molecule has 0 saturated carbocycles. The minimum atomic E-state index is -0.143. The van der Waals surface area contributed by atoms with Gasteiger partial charge >= 0.3 is 0 Å². The number of carbonyl (C=O) groups excluding carboxylic acids is 1. The maximum Gasteiger partial charge on any atom is 0.253 e. The number of rotatable bonds is 4. The number of benzene rings is 1. The first-order valence-corrected chi connectivity index (χ1v) is 5.40. The molecule has 0 aromatic heterocycles. The molecule has 1 amide bonds. The molecule has 5 heteroatoms. The number of nitrogen functional groups attached to an aromatic ring is 1. The molecule has 0 radical (unpaired) electrons. The molecular weight excluding hydrogens is 218 g/mol. The highest BCUT2D eigenvalue weighted by Gasteiger charge is 2.12. The highest BCUT2D eigenvalue weighted by atomic mass is 16.3. The molecular formula is C12H19N3O2. The van der Waals surface area contributed by atoms with Crippen molar-refractivity contribution in [1.29, 1.82) is 0 Å². The number of nitrogens with zero attached hydrogens (tertiary/aromatic N) is 2. The van der Waals surface area contributed by atoms with Crippen LogP contribution in [0.5, 0.6) is 0 Å². The molecule has 0 aliphatic carbocycles. The van der Waals surface area contributed by atoms with Crippen molar-refractivity contribution >= 4 is 17.3 Å². The summed E-state index contributed by atoms with van der Waals surface area (Å²) in [5.41, 5.74) is 7.85. The summed E-state index contributed by atoms with van der Waals surface area (Å²) in [5, 5.41) is 8.78. The fourth-order valence-electron chi connectivity index (χ4n) is 1.57. The summed E-state index contributed by atoms with van der Waals surface area (Å²) in [5.74, 6) is -0.143. The Morgan fingerprint density at radius 2 is 2.00 bits per heavy atom. The summed E-state index contributed by atoms with van der Waals surface area (Å²) >= 11 is 0. The fourth-order valence-corrected chi connectivity index (χ4v) is 1.57. The zero-order valence-electron chi connectivity index (χ0n) is 10.5. The van der Waals surface area contributed by atoms with E-state index in [4.69, 9.17) is 10.8 Å². The molecule has 5 nitrogen and oxygen atoms in total. The van der Waals surface area contributed by atoms with Crippen molar-refractivity contribution in [2.24, 2.45) is 0 Å². The highest BCUT2D eigenvalue weighted by Crippen LogP contribution is 2.22. The number of nitrogens with two attached hydrogens (primary N) is 1. The zero-order valence-corrected chi connectivity index (χ0v) is 10.5. The van der Waals surface area contributed by atoms with Gasteiger partial charge in [0.05, 0.1) is 18.0 Å². The van der Waals surface area contributed by atoms with E-state index in [0.717, 1.165) is 5.69 Å². The molecule has 0 unspecified atom stereocenters. The SMILES string of the molecule is CN(CCO)C(=O)c1ccc(N(C)C)c(N)c1. The van der Waals surface area contributed by atoms with Crippen LogP contribution in [-0.2, 0) is 0 Å². The van der Waals surface area contributed by atoms with Crippen molar-refractivity contribution in [3.05, 3.63) is 23.8 Å². The van der Waals surface area contributed by atoms with Gasteiger partial charge < -0.3 is 20.6 Å². The van der Waals surface area contributed by atoms with Crippen LogP contribution >= 0.6 is 0 Å². The minimum Gasteiger partial charge on any atom is -0.397 e. The van der Waals surface area contributed by atoms with Crippen LogP contribution in [0.4, 0.5) is 11.4 Å². The van der Waals surface area contributed by atoms with E-state index in [1.165, 1.54) is 4.90 Å². The third-order valence-electron chi connectivity index (χ3n) is 2.54. The van der Waals surface area contributed by atoms with Crippen molar-refractivity contribution in [3.63, 3.8) is 0 Å². The van der Waals surface area contributed by atoms with Gasteiger partial charge in [0.2, 0.25) is 0 Å². The first-order valence-electron chi connectivity index (χ1n) is 5.40. The van der Waals surface area contributed by atoms with Crippen molar-refractivity contribution in [2.75, 3.05) is 44.9 Å². The van der Waals surface area contributed by atoms with Gasteiger partial charge in [-0.15, -0.1) is 0 Å². The number of hydrogen-bond donors (Lipinski definition) is 2. The summed E-state index contributed by atoms with van der Waals surface area (Å²) in [6.07, 6.45) is 0. The summed E-state index contributed by atoms with van der Waals surface area (Å²) < 4.78 is 0. The van der Waals surface area contributed by atoms with Crippen molar-refractivity contribution in [3.8, 4) is 0 Å². The molecule has 1 aromatic carbocycles. The van der Waals surface area contributed by atoms with Crippen LogP contribution in [0.15, 0.2) is 18.2 Å². The number of amides is 1. The number of hydrogen-bond acceptors (Lipinski definition) is 4. The van der Waals surface area contributed by atoms with E-state index < -0.39 is 0 Å². The molecule has 0 saturated heterocycles. The Morgan fingerprint density at radius 3 is 2.47 bits per heavy atom. The van der Waals surface area contributed by atoms with E-state index in [-0.39, 0.29) is 12.5 Å². The van der Waals surface area contributed by atoms with Gasteiger partial charge in [0.15, 0.2) is 0 Å². The first kappa shape index (κ1) is 13.3. The van der Waals surface area contributed by atoms with E-state index in [0.29, 0.717) is 17.8 Å². The van der Waals surface area contributed by atoms with Gasteiger partial charge in [0, 0.05) is 33.3 Å². The monoisotopic (exact) mass is 237 g/mol.